The first-order valence-electron chi connectivity index (χ1n) is 5.22. The van der Waals surface area contributed by atoms with E-state index in [1.165, 1.54) is 11.3 Å². The van der Waals surface area contributed by atoms with Crippen molar-refractivity contribution in [1.82, 2.24) is 4.98 Å². The normalized spacial score (nSPS) is 17.2. The van der Waals surface area contributed by atoms with Crippen LogP contribution in [0.25, 0.3) is 0 Å². The van der Waals surface area contributed by atoms with Crippen LogP contribution in [0.1, 0.15) is 21.8 Å². The maximum atomic E-state index is 10.9. The van der Waals surface area contributed by atoms with Gasteiger partial charge in [-0.2, -0.15) is 0 Å². The number of anilines is 1. The van der Waals surface area contributed by atoms with Crippen molar-refractivity contribution >= 4 is 22.4 Å². The Morgan fingerprint density at radius 1 is 1.50 bits per heavy atom. The van der Waals surface area contributed by atoms with Gasteiger partial charge in [0.2, 0.25) is 0 Å². The SMILES string of the molecule is Cc1nc(N2CCCOCC2)sc1C(=O)O. The Morgan fingerprint density at radius 3 is 3.00 bits per heavy atom. The Hall–Kier alpha value is -1.14. The zero-order chi connectivity index (χ0) is 11.5. The summed E-state index contributed by atoms with van der Waals surface area (Å²) in [7, 11) is 0. The molecular weight excluding hydrogens is 228 g/mol. The lowest BCUT2D eigenvalue weighted by atomic mass is 10.4. The van der Waals surface area contributed by atoms with Crippen molar-refractivity contribution in [3.8, 4) is 0 Å². The van der Waals surface area contributed by atoms with Gasteiger partial charge in [-0.05, 0) is 13.3 Å². The Balaban J connectivity index is 2.19. The van der Waals surface area contributed by atoms with E-state index in [2.05, 4.69) is 9.88 Å². The summed E-state index contributed by atoms with van der Waals surface area (Å²) in [4.78, 5) is 17.6. The molecule has 16 heavy (non-hydrogen) atoms. The first-order chi connectivity index (χ1) is 7.68. The second-order valence-corrected chi connectivity index (χ2v) is 4.65. The van der Waals surface area contributed by atoms with Crippen molar-refractivity contribution in [1.29, 1.82) is 0 Å². The van der Waals surface area contributed by atoms with Crippen LogP contribution in [0.3, 0.4) is 0 Å². The van der Waals surface area contributed by atoms with E-state index in [0.29, 0.717) is 17.2 Å². The van der Waals surface area contributed by atoms with Gasteiger partial charge < -0.3 is 14.7 Å². The number of hydrogen-bond acceptors (Lipinski definition) is 5. The van der Waals surface area contributed by atoms with Crippen molar-refractivity contribution in [3.63, 3.8) is 0 Å². The number of aromatic carboxylic acids is 1. The van der Waals surface area contributed by atoms with Gasteiger partial charge >= 0.3 is 5.97 Å². The van der Waals surface area contributed by atoms with E-state index in [-0.39, 0.29) is 0 Å². The third kappa shape index (κ3) is 2.33. The van der Waals surface area contributed by atoms with Crippen LogP contribution >= 0.6 is 11.3 Å². The molecule has 0 aliphatic carbocycles. The number of rotatable bonds is 2. The smallest absolute Gasteiger partial charge is 0.347 e. The Bertz CT molecular complexity index is 383. The Morgan fingerprint density at radius 2 is 2.31 bits per heavy atom. The molecule has 88 valence electrons. The van der Waals surface area contributed by atoms with Crippen LogP contribution in [0, 0.1) is 6.92 Å². The molecular formula is C10H14N2O3S. The molecule has 1 aromatic rings. The molecule has 1 aliphatic heterocycles. The zero-order valence-electron chi connectivity index (χ0n) is 9.10. The highest BCUT2D eigenvalue weighted by Crippen LogP contribution is 2.26. The molecule has 0 aromatic carbocycles. The van der Waals surface area contributed by atoms with Crippen LogP contribution < -0.4 is 4.90 Å². The number of aryl methyl sites for hydroxylation is 1. The molecule has 0 atom stereocenters. The molecule has 0 saturated carbocycles. The van der Waals surface area contributed by atoms with Gasteiger partial charge in [-0.1, -0.05) is 11.3 Å². The number of hydrogen-bond donors (Lipinski definition) is 1. The van der Waals surface area contributed by atoms with Gasteiger partial charge in [-0.15, -0.1) is 0 Å². The van der Waals surface area contributed by atoms with Gasteiger partial charge in [0.05, 0.1) is 12.3 Å². The topological polar surface area (TPSA) is 62.7 Å². The van der Waals surface area contributed by atoms with Gasteiger partial charge in [0.25, 0.3) is 0 Å². The van der Waals surface area contributed by atoms with E-state index >= 15 is 0 Å². The molecule has 0 spiro atoms. The lowest BCUT2D eigenvalue weighted by molar-refractivity contribution is 0.0701. The quantitative estimate of drug-likeness (QED) is 0.848. The minimum absolute atomic E-state index is 0.333. The van der Waals surface area contributed by atoms with Crippen molar-refractivity contribution in [2.75, 3.05) is 31.2 Å². The number of carbonyl (C=O) groups is 1. The average Bonchev–Trinajstić information content (AvgIpc) is 2.50. The van der Waals surface area contributed by atoms with Crippen molar-refractivity contribution in [2.24, 2.45) is 0 Å². The Labute approximate surface area is 97.7 Å². The number of nitrogens with zero attached hydrogens (tertiary/aromatic N) is 2. The van der Waals surface area contributed by atoms with Crippen LogP contribution in [0.2, 0.25) is 0 Å². The highest BCUT2D eigenvalue weighted by Gasteiger charge is 2.18. The fourth-order valence-electron chi connectivity index (χ4n) is 1.65. The maximum absolute atomic E-state index is 10.9. The van der Waals surface area contributed by atoms with Crippen molar-refractivity contribution < 1.29 is 14.6 Å². The molecule has 2 heterocycles. The zero-order valence-corrected chi connectivity index (χ0v) is 9.92. The maximum Gasteiger partial charge on any atom is 0.347 e. The number of ether oxygens (including phenoxy) is 1. The molecule has 5 nitrogen and oxygen atoms in total. The van der Waals surface area contributed by atoms with Gasteiger partial charge in [0.15, 0.2) is 5.13 Å². The van der Waals surface area contributed by atoms with Gasteiger partial charge in [-0.3, -0.25) is 0 Å². The fourth-order valence-corrected chi connectivity index (χ4v) is 2.61. The third-order valence-electron chi connectivity index (χ3n) is 2.47. The summed E-state index contributed by atoms with van der Waals surface area (Å²) < 4.78 is 5.35. The van der Waals surface area contributed by atoms with E-state index in [4.69, 9.17) is 9.84 Å². The van der Waals surface area contributed by atoms with Crippen LogP contribution in [0.15, 0.2) is 0 Å². The van der Waals surface area contributed by atoms with Crippen molar-refractivity contribution in [2.45, 2.75) is 13.3 Å². The van der Waals surface area contributed by atoms with E-state index in [9.17, 15) is 4.79 Å². The molecule has 0 amide bonds. The van der Waals surface area contributed by atoms with Crippen LogP contribution in [-0.4, -0.2) is 42.4 Å². The second kappa shape index (κ2) is 4.80. The van der Waals surface area contributed by atoms with Gasteiger partial charge in [-0.25, -0.2) is 9.78 Å². The third-order valence-corrected chi connectivity index (χ3v) is 3.68. The average molecular weight is 242 g/mol. The first kappa shape index (κ1) is 11.3. The molecule has 1 aromatic heterocycles. The summed E-state index contributed by atoms with van der Waals surface area (Å²) in [5, 5.41) is 9.75. The highest BCUT2D eigenvalue weighted by atomic mass is 32.1. The largest absolute Gasteiger partial charge is 0.477 e. The highest BCUT2D eigenvalue weighted by molar-refractivity contribution is 7.17. The number of aromatic nitrogens is 1. The fraction of sp³-hybridized carbons (Fsp3) is 0.600. The minimum Gasteiger partial charge on any atom is -0.477 e. The second-order valence-electron chi connectivity index (χ2n) is 3.67. The summed E-state index contributed by atoms with van der Waals surface area (Å²) >= 11 is 1.24. The van der Waals surface area contributed by atoms with Crippen LogP contribution in [0.5, 0.6) is 0 Å². The van der Waals surface area contributed by atoms with Gasteiger partial charge in [0.1, 0.15) is 4.88 Å². The lowest BCUT2D eigenvalue weighted by Gasteiger charge is -2.17. The minimum atomic E-state index is -0.896. The number of carboxylic acid groups (broad SMARTS) is 1. The summed E-state index contributed by atoms with van der Waals surface area (Å²) in [6, 6.07) is 0. The molecule has 6 heteroatoms. The monoisotopic (exact) mass is 242 g/mol. The molecule has 0 bridgehead atoms. The van der Waals surface area contributed by atoms with E-state index < -0.39 is 5.97 Å². The lowest BCUT2D eigenvalue weighted by Crippen LogP contribution is -2.25. The van der Waals surface area contributed by atoms with E-state index in [0.717, 1.165) is 31.2 Å². The predicted molar refractivity (Wildman–Crippen MR) is 61.5 cm³/mol. The van der Waals surface area contributed by atoms with Gasteiger partial charge in [0, 0.05) is 19.7 Å². The standard InChI is InChI=1S/C10H14N2O3S/c1-7-8(9(13)14)16-10(11-7)12-3-2-5-15-6-4-12/h2-6H2,1H3,(H,13,14). The van der Waals surface area contributed by atoms with Crippen LogP contribution in [-0.2, 0) is 4.74 Å². The molecule has 1 aliphatic rings. The summed E-state index contributed by atoms with van der Waals surface area (Å²) in [6.45, 7) is 4.85. The molecule has 1 N–H and O–H groups in total. The number of thiazole rings is 1. The molecule has 0 radical (unpaired) electrons. The summed E-state index contributed by atoms with van der Waals surface area (Å²) in [5.41, 5.74) is 0.595. The number of carboxylic acids is 1. The summed E-state index contributed by atoms with van der Waals surface area (Å²) in [6.07, 6.45) is 0.959. The first-order valence-corrected chi connectivity index (χ1v) is 6.03. The van der Waals surface area contributed by atoms with Crippen molar-refractivity contribution in [3.05, 3.63) is 10.6 Å². The predicted octanol–water partition coefficient (Wildman–Crippen LogP) is 1.38. The van der Waals surface area contributed by atoms with E-state index in [1.807, 2.05) is 0 Å². The van der Waals surface area contributed by atoms with Crippen LogP contribution in [0.4, 0.5) is 5.13 Å². The molecule has 1 saturated heterocycles. The Kier molecular flexibility index (Phi) is 3.40. The molecule has 0 unspecified atom stereocenters. The molecule has 1 fully saturated rings. The molecule has 2 rings (SSSR count). The van der Waals surface area contributed by atoms with E-state index in [1.54, 1.807) is 6.92 Å². The summed E-state index contributed by atoms with van der Waals surface area (Å²) in [5.74, 6) is -0.896.